The van der Waals surface area contributed by atoms with Crippen molar-refractivity contribution in [2.24, 2.45) is 5.92 Å². The topological polar surface area (TPSA) is 66.4 Å². The fraction of sp³-hybridized carbons (Fsp3) is 0.412. The quantitative estimate of drug-likeness (QED) is 0.723. The van der Waals surface area contributed by atoms with E-state index < -0.39 is 12.0 Å². The maximum Gasteiger partial charge on any atom is 0.305 e. The van der Waals surface area contributed by atoms with Crippen molar-refractivity contribution in [2.75, 3.05) is 0 Å². The van der Waals surface area contributed by atoms with Gasteiger partial charge in [0.25, 0.3) is 0 Å². The fourth-order valence-electron chi connectivity index (χ4n) is 2.02. The Morgan fingerprint density at radius 3 is 2.38 bits per heavy atom. The van der Waals surface area contributed by atoms with E-state index in [1.807, 2.05) is 44.2 Å². The van der Waals surface area contributed by atoms with Gasteiger partial charge in [0.1, 0.15) is 0 Å². The Kier molecular flexibility index (Phi) is 6.66. The molecule has 0 aromatic heterocycles. The molecule has 1 aromatic carbocycles. The van der Waals surface area contributed by atoms with Crippen molar-refractivity contribution < 1.29 is 14.7 Å². The number of hydrogen-bond donors (Lipinski definition) is 2. The zero-order valence-corrected chi connectivity index (χ0v) is 12.6. The van der Waals surface area contributed by atoms with Crippen molar-refractivity contribution in [1.29, 1.82) is 0 Å². The van der Waals surface area contributed by atoms with Crippen LogP contribution in [0.3, 0.4) is 0 Å². The van der Waals surface area contributed by atoms with Gasteiger partial charge in [-0.25, -0.2) is 0 Å². The second kappa shape index (κ2) is 8.25. The number of hydrogen-bond acceptors (Lipinski definition) is 2. The average molecular weight is 289 g/mol. The highest BCUT2D eigenvalue weighted by Crippen LogP contribution is 2.15. The van der Waals surface area contributed by atoms with Crippen LogP contribution in [0.25, 0.3) is 0 Å². The molecular formula is C17H23NO3. The molecule has 0 fully saturated rings. The minimum Gasteiger partial charge on any atom is -0.481 e. The number of aliphatic carboxylic acids is 1. The second-order valence-corrected chi connectivity index (χ2v) is 5.43. The number of carbonyl (C=O) groups is 2. The predicted molar refractivity (Wildman–Crippen MR) is 82.9 cm³/mol. The Hall–Kier alpha value is -2.10. The van der Waals surface area contributed by atoms with Gasteiger partial charge >= 0.3 is 5.97 Å². The highest BCUT2D eigenvalue weighted by Gasteiger charge is 2.20. The number of aryl methyl sites for hydroxylation is 1. The van der Waals surface area contributed by atoms with Crippen LogP contribution in [0.5, 0.6) is 0 Å². The zero-order chi connectivity index (χ0) is 15.8. The molecule has 1 aromatic rings. The Morgan fingerprint density at radius 2 is 1.86 bits per heavy atom. The van der Waals surface area contributed by atoms with E-state index in [0.717, 1.165) is 11.1 Å². The molecule has 1 amide bonds. The molecule has 4 heteroatoms. The Balaban J connectivity index is 2.55. The molecule has 0 saturated heterocycles. The lowest BCUT2D eigenvalue weighted by Gasteiger charge is -2.22. The van der Waals surface area contributed by atoms with E-state index >= 15 is 0 Å². The maximum atomic E-state index is 12.0. The average Bonchev–Trinajstić information content (AvgIpc) is 2.44. The summed E-state index contributed by atoms with van der Waals surface area (Å²) in [7, 11) is 0. The van der Waals surface area contributed by atoms with Crippen LogP contribution >= 0.6 is 0 Å². The zero-order valence-electron chi connectivity index (χ0n) is 12.6. The molecule has 0 aliphatic carbocycles. The normalized spacial score (nSPS) is 12.0. The van der Waals surface area contributed by atoms with Gasteiger partial charge in [-0.3, -0.25) is 9.59 Å². The molecule has 0 saturated carbocycles. The smallest absolute Gasteiger partial charge is 0.305 e. The molecule has 0 radical (unpaired) electrons. The van der Waals surface area contributed by atoms with E-state index in [0.29, 0.717) is 12.8 Å². The van der Waals surface area contributed by atoms with Gasteiger partial charge in [0.05, 0.1) is 12.5 Å². The molecule has 0 spiro atoms. The van der Waals surface area contributed by atoms with Crippen LogP contribution in [0.1, 0.15) is 32.3 Å². The van der Waals surface area contributed by atoms with Crippen LogP contribution < -0.4 is 5.32 Å². The van der Waals surface area contributed by atoms with Gasteiger partial charge in [-0.05, 0) is 17.9 Å². The highest BCUT2D eigenvalue weighted by molar-refractivity contribution is 5.78. The van der Waals surface area contributed by atoms with E-state index in [1.54, 1.807) is 0 Å². The van der Waals surface area contributed by atoms with E-state index in [-0.39, 0.29) is 18.2 Å². The van der Waals surface area contributed by atoms with Crippen molar-refractivity contribution in [3.63, 3.8) is 0 Å². The monoisotopic (exact) mass is 289 g/mol. The van der Waals surface area contributed by atoms with Crippen LogP contribution in [-0.2, 0) is 16.0 Å². The lowest BCUT2D eigenvalue weighted by molar-refractivity contribution is -0.137. The van der Waals surface area contributed by atoms with Crippen molar-refractivity contribution in [3.8, 4) is 0 Å². The van der Waals surface area contributed by atoms with Gasteiger partial charge in [-0.15, -0.1) is 0 Å². The first-order chi connectivity index (χ1) is 9.90. The SMILES string of the molecule is C=C(C(C)C)C(CC(=O)O)NC(=O)CCc1ccccc1. The van der Waals surface area contributed by atoms with Crippen molar-refractivity contribution in [3.05, 3.63) is 48.0 Å². The summed E-state index contributed by atoms with van der Waals surface area (Å²) in [6.45, 7) is 7.78. The first-order valence-electron chi connectivity index (χ1n) is 7.14. The number of carbonyl (C=O) groups excluding carboxylic acids is 1. The van der Waals surface area contributed by atoms with Crippen molar-refractivity contribution in [1.82, 2.24) is 5.32 Å². The summed E-state index contributed by atoms with van der Waals surface area (Å²) >= 11 is 0. The van der Waals surface area contributed by atoms with Gasteiger partial charge in [0.2, 0.25) is 5.91 Å². The molecule has 0 bridgehead atoms. The Morgan fingerprint density at radius 1 is 1.24 bits per heavy atom. The lowest BCUT2D eigenvalue weighted by atomic mass is 9.95. The summed E-state index contributed by atoms with van der Waals surface area (Å²) in [5.41, 5.74) is 1.83. The van der Waals surface area contributed by atoms with Crippen LogP contribution in [0.2, 0.25) is 0 Å². The number of benzene rings is 1. The van der Waals surface area contributed by atoms with Gasteiger partial charge in [-0.2, -0.15) is 0 Å². The first kappa shape index (κ1) is 17.0. The van der Waals surface area contributed by atoms with Crippen LogP contribution in [-0.4, -0.2) is 23.0 Å². The molecule has 1 atom stereocenters. The second-order valence-electron chi connectivity index (χ2n) is 5.43. The third kappa shape index (κ3) is 6.25. The lowest BCUT2D eigenvalue weighted by Crippen LogP contribution is -2.39. The van der Waals surface area contributed by atoms with Crippen LogP contribution in [0.4, 0.5) is 0 Å². The van der Waals surface area contributed by atoms with E-state index in [1.165, 1.54) is 0 Å². The number of carboxylic acids is 1. The van der Waals surface area contributed by atoms with Gasteiger partial charge in [-0.1, -0.05) is 56.3 Å². The Bertz CT molecular complexity index is 494. The van der Waals surface area contributed by atoms with Gasteiger partial charge < -0.3 is 10.4 Å². The maximum absolute atomic E-state index is 12.0. The van der Waals surface area contributed by atoms with Gasteiger partial charge in [0.15, 0.2) is 0 Å². The molecule has 4 nitrogen and oxygen atoms in total. The minimum absolute atomic E-state index is 0.128. The molecule has 2 N–H and O–H groups in total. The van der Waals surface area contributed by atoms with Crippen LogP contribution in [0.15, 0.2) is 42.5 Å². The molecule has 1 unspecified atom stereocenters. The molecule has 0 heterocycles. The number of amides is 1. The van der Waals surface area contributed by atoms with E-state index in [2.05, 4.69) is 11.9 Å². The predicted octanol–water partition coefficient (Wildman–Crippen LogP) is 2.79. The molecule has 0 aliphatic heterocycles. The molecule has 1 rings (SSSR count). The summed E-state index contributed by atoms with van der Waals surface area (Å²) in [5, 5.41) is 11.7. The number of carboxylic acid groups (broad SMARTS) is 1. The number of rotatable bonds is 8. The Labute approximate surface area is 125 Å². The molecule has 114 valence electrons. The third-order valence-corrected chi connectivity index (χ3v) is 3.39. The standard InChI is InChI=1S/C17H23NO3/c1-12(2)13(3)15(11-17(20)21)18-16(19)10-9-14-7-5-4-6-8-14/h4-8,12,15H,3,9-11H2,1-2H3,(H,18,19)(H,20,21). The largest absolute Gasteiger partial charge is 0.481 e. The summed E-state index contributed by atoms with van der Waals surface area (Å²) in [6, 6.07) is 9.22. The van der Waals surface area contributed by atoms with E-state index in [9.17, 15) is 9.59 Å². The van der Waals surface area contributed by atoms with Crippen molar-refractivity contribution >= 4 is 11.9 Å². The molecule has 0 aliphatic rings. The number of nitrogens with one attached hydrogen (secondary N) is 1. The minimum atomic E-state index is -0.940. The van der Waals surface area contributed by atoms with Crippen LogP contribution in [0, 0.1) is 5.92 Å². The summed E-state index contributed by atoms with van der Waals surface area (Å²) in [6.07, 6.45) is 0.847. The molecule has 21 heavy (non-hydrogen) atoms. The summed E-state index contributed by atoms with van der Waals surface area (Å²) in [5.74, 6) is -0.958. The summed E-state index contributed by atoms with van der Waals surface area (Å²) in [4.78, 5) is 22.9. The first-order valence-corrected chi connectivity index (χ1v) is 7.14. The fourth-order valence-corrected chi connectivity index (χ4v) is 2.02. The third-order valence-electron chi connectivity index (χ3n) is 3.39. The van der Waals surface area contributed by atoms with Gasteiger partial charge in [0, 0.05) is 6.42 Å². The highest BCUT2D eigenvalue weighted by atomic mass is 16.4. The molecular weight excluding hydrogens is 266 g/mol. The van der Waals surface area contributed by atoms with E-state index in [4.69, 9.17) is 5.11 Å². The summed E-state index contributed by atoms with van der Waals surface area (Å²) < 4.78 is 0. The van der Waals surface area contributed by atoms with Crippen molar-refractivity contribution in [2.45, 2.75) is 39.2 Å².